The van der Waals surface area contributed by atoms with Gasteiger partial charge >= 0.3 is 5.97 Å². The van der Waals surface area contributed by atoms with Crippen LogP contribution in [0.1, 0.15) is 41.6 Å². The van der Waals surface area contributed by atoms with E-state index in [9.17, 15) is 19.5 Å². The van der Waals surface area contributed by atoms with Crippen LogP contribution in [0, 0.1) is 0 Å². The largest absolute Gasteiger partial charge is 0.494 e. The highest BCUT2D eigenvalue weighted by Gasteiger charge is 2.30. The van der Waals surface area contributed by atoms with Crippen molar-refractivity contribution in [1.29, 1.82) is 0 Å². The SMILES string of the molecule is NC(N)=NCCC[C@@H](C(=O)O)N(NC(=O)c1ccc(OCCCCc2ccccc2)cc1)c1cccc2c(=O)cc(-c3nn[nH]n3)oc12. The highest BCUT2D eigenvalue weighted by Crippen LogP contribution is 2.30. The van der Waals surface area contributed by atoms with E-state index in [1.807, 2.05) is 18.2 Å². The van der Waals surface area contributed by atoms with Gasteiger partial charge in [0.2, 0.25) is 5.82 Å². The number of H-pyrrole nitrogens is 1. The Morgan fingerprint density at radius 1 is 1.02 bits per heavy atom. The lowest BCUT2D eigenvalue weighted by Gasteiger charge is -2.31. The number of carbonyl (C=O) groups is 2. The molecule has 0 saturated heterocycles. The van der Waals surface area contributed by atoms with Crippen LogP contribution in [0.2, 0.25) is 0 Å². The molecule has 1 amide bonds. The van der Waals surface area contributed by atoms with Crippen LogP contribution in [0.15, 0.2) is 93.1 Å². The molecule has 2 aromatic heterocycles. The molecule has 0 saturated carbocycles. The van der Waals surface area contributed by atoms with Gasteiger partial charge in [-0.25, -0.2) is 4.79 Å². The maximum absolute atomic E-state index is 13.6. The summed E-state index contributed by atoms with van der Waals surface area (Å²) in [5.41, 5.74) is 14.8. The Kier molecular flexibility index (Phi) is 10.9. The van der Waals surface area contributed by atoms with Crippen molar-refractivity contribution in [2.24, 2.45) is 16.5 Å². The normalized spacial score (nSPS) is 11.5. The molecular formula is C33H35N9O6. The number of para-hydroxylation sites is 1. The van der Waals surface area contributed by atoms with Crippen LogP contribution >= 0.6 is 0 Å². The lowest BCUT2D eigenvalue weighted by Crippen LogP contribution is -2.52. The summed E-state index contributed by atoms with van der Waals surface area (Å²) in [4.78, 5) is 43.3. The minimum Gasteiger partial charge on any atom is -0.494 e. The third-order valence-corrected chi connectivity index (χ3v) is 7.40. The summed E-state index contributed by atoms with van der Waals surface area (Å²) in [6.45, 7) is 0.679. The number of carboxylic acids is 1. The van der Waals surface area contributed by atoms with Gasteiger partial charge in [-0.3, -0.25) is 25.0 Å². The van der Waals surface area contributed by atoms with Gasteiger partial charge in [-0.1, -0.05) is 36.4 Å². The van der Waals surface area contributed by atoms with E-state index in [0.717, 1.165) is 19.3 Å². The first-order chi connectivity index (χ1) is 23.3. The van der Waals surface area contributed by atoms with Gasteiger partial charge < -0.3 is 25.7 Å². The van der Waals surface area contributed by atoms with Crippen LogP contribution in [0.4, 0.5) is 5.69 Å². The molecule has 15 heteroatoms. The molecule has 0 aliphatic carbocycles. The van der Waals surface area contributed by atoms with Crippen LogP contribution < -0.4 is 32.1 Å². The number of hydrogen-bond acceptors (Lipinski definition) is 10. The lowest BCUT2D eigenvalue weighted by atomic mass is 10.1. The molecule has 0 fully saturated rings. The average molecular weight is 654 g/mol. The number of nitrogens with zero attached hydrogens (tertiary/aromatic N) is 5. The number of nitrogens with one attached hydrogen (secondary N) is 2. The summed E-state index contributed by atoms with van der Waals surface area (Å²) >= 11 is 0. The molecule has 7 N–H and O–H groups in total. The molecule has 1 atom stereocenters. The van der Waals surface area contributed by atoms with E-state index in [-0.39, 0.29) is 59.2 Å². The first-order valence-corrected chi connectivity index (χ1v) is 15.3. The van der Waals surface area contributed by atoms with Gasteiger partial charge in [0.05, 0.1) is 12.0 Å². The Bertz CT molecular complexity index is 1910. The van der Waals surface area contributed by atoms with Gasteiger partial charge in [0.25, 0.3) is 5.91 Å². The van der Waals surface area contributed by atoms with Gasteiger partial charge in [-0.15, -0.1) is 10.2 Å². The predicted octanol–water partition coefficient (Wildman–Crippen LogP) is 3.03. The van der Waals surface area contributed by atoms with Crippen molar-refractivity contribution in [3.63, 3.8) is 0 Å². The number of ether oxygens (including phenoxy) is 1. The summed E-state index contributed by atoms with van der Waals surface area (Å²) in [6.07, 6.45) is 3.09. The Morgan fingerprint density at radius 3 is 2.52 bits per heavy atom. The second-order valence-electron chi connectivity index (χ2n) is 10.8. The molecule has 2 heterocycles. The monoisotopic (exact) mass is 653 g/mol. The molecule has 0 radical (unpaired) electrons. The van der Waals surface area contributed by atoms with Gasteiger partial charge in [0, 0.05) is 18.2 Å². The fourth-order valence-electron chi connectivity index (χ4n) is 5.03. The molecule has 3 aromatic carbocycles. The average Bonchev–Trinajstić information content (AvgIpc) is 3.63. The van der Waals surface area contributed by atoms with E-state index in [4.69, 9.17) is 20.6 Å². The zero-order valence-corrected chi connectivity index (χ0v) is 25.9. The zero-order valence-electron chi connectivity index (χ0n) is 25.9. The second kappa shape index (κ2) is 15.8. The summed E-state index contributed by atoms with van der Waals surface area (Å²) in [7, 11) is 0. The maximum atomic E-state index is 13.6. The van der Waals surface area contributed by atoms with Crippen molar-refractivity contribution in [2.45, 2.75) is 38.1 Å². The van der Waals surface area contributed by atoms with E-state index in [2.05, 4.69) is 43.2 Å². The number of unbranched alkanes of at least 4 members (excludes halogenated alkanes) is 1. The van der Waals surface area contributed by atoms with Crippen molar-refractivity contribution in [1.82, 2.24) is 26.0 Å². The molecule has 15 nitrogen and oxygen atoms in total. The second-order valence-corrected chi connectivity index (χ2v) is 10.8. The Balaban J connectivity index is 1.37. The van der Waals surface area contributed by atoms with Gasteiger partial charge in [0.1, 0.15) is 17.5 Å². The number of amides is 1. The number of tetrazole rings is 1. The van der Waals surface area contributed by atoms with Gasteiger partial charge in [-0.2, -0.15) is 5.21 Å². The summed E-state index contributed by atoms with van der Waals surface area (Å²) < 4.78 is 11.9. The maximum Gasteiger partial charge on any atom is 0.328 e. The van der Waals surface area contributed by atoms with Crippen molar-refractivity contribution in [3.05, 3.63) is 100 Å². The van der Waals surface area contributed by atoms with E-state index in [0.29, 0.717) is 12.4 Å². The number of benzene rings is 3. The number of carboxylic acid groups (broad SMARTS) is 1. The zero-order chi connectivity index (χ0) is 33.9. The van der Waals surface area contributed by atoms with Crippen molar-refractivity contribution < 1.29 is 23.8 Å². The molecule has 0 spiro atoms. The first-order valence-electron chi connectivity index (χ1n) is 15.3. The number of aryl methyl sites for hydroxylation is 1. The number of aliphatic imine (C=N–C) groups is 1. The standard InChI is InChI=1S/C33H35N9O6/c34-33(35)36-18-7-13-26(32(45)46)42(25-12-6-11-24-27(43)20-28(48-29(24)25)30-37-40-41-38-30)39-31(44)22-14-16-23(17-15-22)47-19-5-4-10-21-8-2-1-3-9-21/h1-3,6,8-9,11-12,14-17,20,26H,4-5,7,10,13,18-19H2,(H,39,44)(H,45,46)(H4,34,35,36)(H,37,38,40,41)/t26-/m0/s1. The number of guanidine groups is 1. The molecular weight excluding hydrogens is 618 g/mol. The fourth-order valence-corrected chi connectivity index (χ4v) is 5.03. The summed E-state index contributed by atoms with van der Waals surface area (Å²) in [5, 5.41) is 25.2. The highest BCUT2D eigenvalue weighted by atomic mass is 16.5. The van der Waals surface area contributed by atoms with Crippen molar-refractivity contribution in [3.8, 4) is 17.3 Å². The van der Waals surface area contributed by atoms with Crippen LogP contribution in [-0.4, -0.2) is 62.8 Å². The van der Waals surface area contributed by atoms with E-state index >= 15 is 0 Å². The molecule has 5 rings (SSSR count). The number of nitrogens with two attached hydrogens (primary N) is 2. The molecule has 0 bridgehead atoms. The number of hydrazine groups is 1. The Morgan fingerprint density at radius 2 is 1.81 bits per heavy atom. The van der Waals surface area contributed by atoms with Crippen LogP contribution in [0.3, 0.4) is 0 Å². The molecule has 0 aliphatic heterocycles. The van der Waals surface area contributed by atoms with Crippen molar-refractivity contribution >= 4 is 34.5 Å². The summed E-state index contributed by atoms with van der Waals surface area (Å²) in [5.74, 6) is -1.37. The summed E-state index contributed by atoms with van der Waals surface area (Å²) in [6, 6.07) is 21.3. The Hall–Kier alpha value is -6.25. The topological polar surface area (TPSA) is 228 Å². The number of fused-ring (bicyclic) bond motifs is 1. The number of anilines is 1. The number of carbonyl (C=O) groups excluding carboxylic acids is 1. The predicted molar refractivity (Wildman–Crippen MR) is 178 cm³/mol. The minimum atomic E-state index is -1.31. The first kappa shape index (κ1) is 33.1. The van der Waals surface area contributed by atoms with Gasteiger partial charge in [-0.05, 0) is 79.3 Å². The van der Waals surface area contributed by atoms with E-state index in [1.165, 1.54) is 28.8 Å². The number of hydrogen-bond donors (Lipinski definition) is 5. The van der Waals surface area contributed by atoms with Crippen LogP contribution in [0.25, 0.3) is 22.6 Å². The third-order valence-electron chi connectivity index (χ3n) is 7.40. The fraction of sp³-hybridized carbons (Fsp3) is 0.242. The van der Waals surface area contributed by atoms with Crippen LogP contribution in [-0.2, 0) is 11.2 Å². The van der Waals surface area contributed by atoms with Crippen molar-refractivity contribution in [2.75, 3.05) is 18.2 Å². The molecule has 248 valence electrons. The quantitative estimate of drug-likeness (QED) is 0.0448. The smallest absolute Gasteiger partial charge is 0.328 e. The number of aromatic amines is 1. The molecule has 0 aliphatic rings. The Labute approximate surface area is 274 Å². The highest BCUT2D eigenvalue weighted by molar-refractivity contribution is 5.98. The molecule has 48 heavy (non-hydrogen) atoms. The lowest BCUT2D eigenvalue weighted by molar-refractivity contribution is -0.138. The molecule has 0 unspecified atom stereocenters. The van der Waals surface area contributed by atoms with Crippen LogP contribution in [0.5, 0.6) is 5.75 Å². The van der Waals surface area contributed by atoms with E-state index < -0.39 is 23.3 Å². The third kappa shape index (κ3) is 8.51. The molecule has 5 aromatic rings. The number of rotatable bonds is 16. The van der Waals surface area contributed by atoms with Gasteiger partial charge in [0.15, 0.2) is 22.7 Å². The number of aliphatic carboxylic acids is 1. The van der Waals surface area contributed by atoms with E-state index in [1.54, 1.807) is 30.3 Å². The minimum absolute atomic E-state index is 0.00438. The number of aromatic nitrogens is 4.